The summed E-state index contributed by atoms with van der Waals surface area (Å²) in [6, 6.07) is 22.5. The largest absolute Gasteiger partial charge is 0.497 e. The lowest BCUT2D eigenvalue weighted by molar-refractivity contribution is -0.143. The van der Waals surface area contributed by atoms with E-state index in [-0.39, 0.29) is 16.7 Å². The Kier molecular flexibility index (Phi) is 8.06. The second-order valence-electron chi connectivity index (χ2n) is 8.33. The zero-order valence-corrected chi connectivity index (χ0v) is 21.5. The third-order valence-corrected chi connectivity index (χ3v) is 9.76. The number of hydrogen-bond acceptors (Lipinski definition) is 5. The maximum Gasteiger partial charge on any atom is 0.308 e. The molecule has 0 aromatic heterocycles. The molecule has 3 aromatic carbocycles. The molecule has 1 aliphatic heterocycles. The van der Waals surface area contributed by atoms with Gasteiger partial charge in [-0.3, -0.25) is 4.79 Å². The van der Waals surface area contributed by atoms with Gasteiger partial charge in [0.15, 0.2) is 0 Å². The topological polar surface area (TPSA) is 83.9 Å². The van der Waals surface area contributed by atoms with Gasteiger partial charge in [-0.25, -0.2) is 8.42 Å². The van der Waals surface area contributed by atoms with Gasteiger partial charge in [-0.15, -0.1) is 0 Å². The van der Waals surface area contributed by atoms with Crippen molar-refractivity contribution in [1.82, 2.24) is 4.31 Å². The highest BCUT2D eigenvalue weighted by atomic mass is 35.5. The summed E-state index contributed by atoms with van der Waals surface area (Å²) in [7, 11) is -2.41. The van der Waals surface area contributed by atoms with Crippen LogP contribution in [0, 0.1) is 5.92 Å². The van der Waals surface area contributed by atoms with Crippen LogP contribution in [0.25, 0.3) is 0 Å². The number of hydrogen-bond donors (Lipinski definition) is 1. The molecular weight excluding hydrogens is 506 g/mol. The Morgan fingerprint density at radius 3 is 2.31 bits per heavy atom. The predicted octanol–water partition coefficient (Wildman–Crippen LogP) is 5.49. The number of carbonyl (C=O) groups is 1. The van der Waals surface area contributed by atoms with Crippen LogP contribution in [0.2, 0.25) is 5.02 Å². The smallest absolute Gasteiger partial charge is 0.308 e. The van der Waals surface area contributed by atoms with E-state index in [0.29, 0.717) is 22.9 Å². The van der Waals surface area contributed by atoms with E-state index in [0.717, 1.165) is 11.1 Å². The second kappa shape index (κ2) is 11.0. The molecule has 1 heterocycles. The molecule has 1 N–H and O–H groups in total. The fraction of sp³-hybridized carbons (Fsp3) is 0.269. The highest BCUT2D eigenvalue weighted by Gasteiger charge is 2.45. The maximum atomic E-state index is 13.7. The molecule has 1 aliphatic rings. The van der Waals surface area contributed by atoms with Crippen molar-refractivity contribution in [3.05, 3.63) is 95.0 Å². The predicted molar refractivity (Wildman–Crippen MR) is 138 cm³/mol. The molecule has 1 fully saturated rings. The van der Waals surface area contributed by atoms with Crippen LogP contribution < -0.4 is 4.74 Å². The molecule has 0 radical (unpaired) electrons. The fourth-order valence-corrected chi connectivity index (χ4v) is 7.40. The van der Waals surface area contributed by atoms with Gasteiger partial charge in [-0.1, -0.05) is 54.1 Å². The average Bonchev–Trinajstić information content (AvgIpc) is 2.87. The maximum absolute atomic E-state index is 13.7. The van der Waals surface area contributed by atoms with Gasteiger partial charge in [-0.05, 0) is 53.9 Å². The Labute approximate surface area is 214 Å². The number of benzene rings is 3. The first-order chi connectivity index (χ1) is 16.8. The van der Waals surface area contributed by atoms with Gasteiger partial charge < -0.3 is 9.84 Å². The molecular formula is C26H26ClNO5S2. The molecule has 35 heavy (non-hydrogen) atoms. The quantitative estimate of drug-likeness (QED) is 0.414. The van der Waals surface area contributed by atoms with Crippen molar-refractivity contribution in [2.45, 2.75) is 28.4 Å². The van der Waals surface area contributed by atoms with E-state index >= 15 is 0 Å². The molecule has 0 bridgehead atoms. The number of aliphatic carboxylic acids is 1. The van der Waals surface area contributed by atoms with E-state index in [1.54, 1.807) is 31.0 Å². The lowest BCUT2D eigenvalue weighted by Gasteiger charge is -2.41. The van der Waals surface area contributed by atoms with Gasteiger partial charge in [0.1, 0.15) is 5.75 Å². The van der Waals surface area contributed by atoms with Crippen LogP contribution in [-0.2, 0) is 20.6 Å². The van der Waals surface area contributed by atoms with Crippen LogP contribution >= 0.6 is 23.4 Å². The molecule has 9 heteroatoms. The first kappa shape index (κ1) is 25.6. The highest BCUT2D eigenvalue weighted by molar-refractivity contribution is 7.99. The first-order valence-electron chi connectivity index (χ1n) is 11.1. The molecule has 0 amide bonds. The zero-order chi connectivity index (χ0) is 25.0. The van der Waals surface area contributed by atoms with E-state index in [1.807, 2.05) is 42.5 Å². The molecule has 0 unspecified atom stereocenters. The summed E-state index contributed by atoms with van der Waals surface area (Å²) in [6.45, 7) is -0.122. The van der Waals surface area contributed by atoms with E-state index in [2.05, 4.69) is 0 Å². The summed E-state index contributed by atoms with van der Waals surface area (Å²) in [4.78, 5) is 12.4. The number of nitrogens with zero attached hydrogens (tertiary/aromatic N) is 1. The van der Waals surface area contributed by atoms with Crippen LogP contribution in [0.1, 0.15) is 23.6 Å². The molecule has 0 spiro atoms. The summed E-state index contributed by atoms with van der Waals surface area (Å²) in [5, 5.41) is 10.2. The highest BCUT2D eigenvalue weighted by Crippen LogP contribution is 2.43. The summed E-state index contributed by atoms with van der Waals surface area (Å²) in [5.74, 6) is -0.537. The Hall–Kier alpha value is -2.52. The first-order valence-corrected chi connectivity index (χ1v) is 14.0. The second-order valence-corrected chi connectivity index (χ2v) is 11.9. The molecule has 3 aromatic rings. The van der Waals surface area contributed by atoms with Gasteiger partial charge in [0.25, 0.3) is 0 Å². The molecule has 0 aliphatic carbocycles. The number of sulfonamides is 1. The van der Waals surface area contributed by atoms with Crippen molar-refractivity contribution >= 4 is 39.4 Å². The van der Waals surface area contributed by atoms with Crippen molar-refractivity contribution in [3.8, 4) is 5.75 Å². The fourth-order valence-electron chi connectivity index (χ4n) is 4.28. The molecule has 1 saturated heterocycles. The summed E-state index contributed by atoms with van der Waals surface area (Å²) >= 11 is 7.53. The number of ether oxygens (including phenoxy) is 1. The summed E-state index contributed by atoms with van der Waals surface area (Å²) < 4.78 is 34.0. The molecule has 4 rings (SSSR count). The van der Waals surface area contributed by atoms with Gasteiger partial charge in [0.2, 0.25) is 10.0 Å². The number of piperidine rings is 1. The standard InChI is InChI=1S/C26H26ClNO5S2/c1-33-21-11-7-19(8-12-21)24-15-25(34-17-18-5-3-2-4-6-18)23(26(29)30)16-28(24)35(31,32)22-13-9-20(27)10-14-22/h2-14,23-25H,15-17H2,1H3,(H,29,30)/t23-,24+,25-/m1/s1. The van der Waals surface area contributed by atoms with Gasteiger partial charge in [-0.2, -0.15) is 16.1 Å². The van der Waals surface area contributed by atoms with Crippen molar-refractivity contribution in [3.63, 3.8) is 0 Å². The summed E-state index contributed by atoms with van der Waals surface area (Å²) in [5.41, 5.74) is 1.89. The minimum atomic E-state index is -3.98. The van der Waals surface area contributed by atoms with E-state index in [4.69, 9.17) is 16.3 Å². The Morgan fingerprint density at radius 1 is 1.06 bits per heavy atom. The van der Waals surface area contributed by atoms with Crippen LogP contribution in [0.3, 0.4) is 0 Å². The SMILES string of the molecule is COc1ccc([C@@H]2C[C@@H](SCc3ccccc3)[C@H](C(=O)O)CN2S(=O)(=O)c2ccc(Cl)cc2)cc1. The third kappa shape index (κ3) is 5.83. The Balaban J connectivity index is 1.70. The summed E-state index contributed by atoms with van der Waals surface area (Å²) in [6.07, 6.45) is 0.369. The number of carboxylic acids is 1. The van der Waals surface area contributed by atoms with Crippen LogP contribution in [0.15, 0.2) is 83.8 Å². The molecule has 0 saturated carbocycles. The monoisotopic (exact) mass is 531 g/mol. The number of rotatable bonds is 8. The van der Waals surface area contributed by atoms with E-state index < -0.39 is 28.0 Å². The number of carboxylic acid groups (broad SMARTS) is 1. The van der Waals surface area contributed by atoms with Crippen LogP contribution in [0.5, 0.6) is 5.75 Å². The van der Waals surface area contributed by atoms with Gasteiger partial charge >= 0.3 is 5.97 Å². The lowest BCUT2D eigenvalue weighted by atomic mass is 9.90. The third-order valence-electron chi connectivity index (χ3n) is 6.17. The van der Waals surface area contributed by atoms with Crippen LogP contribution in [-0.4, -0.2) is 42.7 Å². The van der Waals surface area contributed by atoms with Crippen molar-refractivity contribution in [2.24, 2.45) is 5.92 Å². The minimum absolute atomic E-state index is 0.0833. The molecule has 6 nitrogen and oxygen atoms in total. The van der Waals surface area contributed by atoms with E-state index in [9.17, 15) is 18.3 Å². The molecule has 3 atom stereocenters. The van der Waals surface area contributed by atoms with Crippen molar-refractivity contribution in [2.75, 3.05) is 13.7 Å². The Morgan fingerprint density at radius 2 is 1.71 bits per heavy atom. The minimum Gasteiger partial charge on any atom is -0.497 e. The van der Waals surface area contributed by atoms with Crippen LogP contribution in [0.4, 0.5) is 0 Å². The van der Waals surface area contributed by atoms with Crippen molar-refractivity contribution in [1.29, 1.82) is 0 Å². The molecule has 184 valence electrons. The zero-order valence-electron chi connectivity index (χ0n) is 19.1. The number of methoxy groups -OCH3 is 1. The average molecular weight is 532 g/mol. The number of halogens is 1. The van der Waals surface area contributed by atoms with Gasteiger partial charge in [0.05, 0.1) is 24.0 Å². The Bertz CT molecular complexity index is 1250. The van der Waals surface area contributed by atoms with Gasteiger partial charge in [0, 0.05) is 22.6 Å². The lowest BCUT2D eigenvalue weighted by Crippen LogP contribution is -2.49. The number of thioether (sulfide) groups is 1. The normalized spacial score (nSPS) is 20.9. The van der Waals surface area contributed by atoms with Crippen molar-refractivity contribution < 1.29 is 23.1 Å². The van der Waals surface area contributed by atoms with E-state index in [1.165, 1.54) is 28.6 Å².